The minimum absolute atomic E-state index is 0.0119. The Morgan fingerprint density at radius 1 is 1.14 bits per heavy atom. The number of non-ortho nitro benzene ring substituents is 1. The third kappa shape index (κ3) is 5.35. The molecule has 0 fully saturated rings. The molecule has 4 rings (SSSR count). The molecule has 12 heteroatoms. The van der Waals surface area contributed by atoms with Crippen LogP contribution in [-0.2, 0) is 9.53 Å². The van der Waals surface area contributed by atoms with E-state index >= 15 is 0 Å². The van der Waals surface area contributed by atoms with Crippen LogP contribution < -0.4 is 9.47 Å². The molecule has 1 aliphatic rings. The summed E-state index contributed by atoms with van der Waals surface area (Å²) in [6.07, 6.45) is 1.46. The van der Waals surface area contributed by atoms with E-state index in [1.165, 1.54) is 25.3 Å². The lowest BCUT2D eigenvalue weighted by Crippen LogP contribution is -2.11. The van der Waals surface area contributed by atoms with Gasteiger partial charge in [0.25, 0.3) is 5.69 Å². The van der Waals surface area contributed by atoms with Crippen molar-refractivity contribution in [3.8, 4) is 11.5 Å². The van der Waals surface area contributed by atoms with E-state index in [-0.39, 0.29) is 50.0 Å². The van der Waals surface area contributed by atoms with Gasteiger partial charge in [0.15, 0.2) is 17.2 Å². The number of aliphatic imine (C=N–C) groups is 1. The molecule has 1 aliphatic heterocycles. The molecule has 0 amide bonds. The first-order valence-electron chi connectivity index (χ1n) is 9.99. The van der Waals surface area contributed by atoms with Gasteiger partial charge in [0.1, 0.15) is 0 Å². The monoisotopic (exact) mass is 638 g/mol. The number of methoxy groups -OCH3 is 1. The van der Waals surface area contributed by atoms with Crippen LogP contribution in [0.4, 0.5) is 5.69 Å². The standard InChI is InChI=1S/C24H13Cl2IN2O7/c1-34-20-10-12(8-18(27)21(20)35-23(30)15-4-2-3-5-16(15)25)9-19-24(31)36-22(28-19)14-7-6-13(29(32)33)11-17(14)26/h2-11H,1H3/b19-9-. The number of cyclic esters (lactones) is 1. The lowest BCUT2D eigenvalue weighted by atomic mass is 10.1. The number of hydrogen-bond acceptors (Lipinski definition) is 8. The van der Waals surface area contributed by atoms with Crippen LogP contribution in [0.5, 0.6) is 11.5 Å². The van der Waals surface area contributed by atoms with Crippen LogP contribution >= 0.6 is 45.8 Å². The van der Waals surface area contributed by atoms with Crippen LogP contribution in [0.2, 0.25) is 10.0 Å². The van der Waals surface area contributed by atoms with Crippen molar-refractivity contribution in [1.29, 1.82) is 0 Å². The summed E-state index contributed by atoms with van der Waals surface area (Å²) in [4.78, 5) is 39.5. The van der Waals surface area contributed by atoms with E-state index in [1.807, 2.05) is 22.6 Å². The Morgan fingerprint density at radius 3 is 2.56 bits per heavy atom. The van der Waals surface area contributed by atoms with Crippen molar-refractivity contribution >= 4 is 75.4 Å². The third-order valence-corrected chi connectivity index (χ3v) is 6.30. The van der Waals surface area contributed by atoms with Gasteiger partial charge in [0.2, 0.25) is 5.90 Å². The zero-order valence-corrected chi connectivity index (χ0v) is 21.8. The second kappa shape index (κ2) is 10.6. The van der Waals surface area contributed by atoms with Gasteiger partial charge < -0.3 is 14.2 Å². The number of halogens is 3. The summed E-state index contributed by atoms with van der Waals surface area (Å²) >= 11 is 14.2. The molecule has 0 radical (unpaired) electrons. The molecule has 1 heterocycles. The van der Waals surface area contributed by atoms with E-state index < -0.39 is 16.9 Å². The Hall–Kier alpha value is -3.48. The summed E-state index contributed by atoms with van der Waals surface area (Å²) in [6, 6.07) is 13.4. The number of esters is 2. The highest BCUT2D eigenvalue weighted by Crippen LogP contribution is 2.36. The van der Waals surface area contributed by atoms with E-state index in [9.17, 15) is 19.7 Å². The zero-order valence-electron chi connectivity index (χ0n) is 18.2. The molecule has 3 aromatic carbocycles. The first kappa shape index (κ1) is 25.6. The fourth-order valence-corrected chi connectivity index (χ4v) is 4.37. The fourth-order valence-electron chi connectivity index (χ4n) is 3.17. The van der Waals surface area contributed by atoms with Gasteiger partial charge in [-0.25, -0.2) is 14.6 Å². The molecule has 0 saturated heterocycles. The Bertz CT molecular complexity index is 1490. The van der Waals surface area contributed by atoms with Gasteiger partial charge in [-0.3, -0.25) is 10.1 Å². The third-order valence-electron chi connectivity index (χ3n) is 4.86. The maximum atomic E-state index is 12.6. The molecule has 0 bridgehead atoms. The summed E-state index contributed by atoms with van der Waals surface area (Å²) in [5, 5.41) is 11.2. The van der Waals surface area contributed by atoms with Gasteiger partial charge in [-0.15, -0.1) is 0 Å². The number of nitro groups is 1. The van der Waals surface area contributed by atoms with Crippen molar-refractivity contribution in [2.75, 3.05) is 7.11 Å². The predicted octanol–water partition coefficient (Wildman–Crippen LogP) is 6.08. The van der Waals surface area contributed by atoms with Crippen LogP contribution in [0.3, 0.4) is 0 Å². The van der Waals surface area contributed by atoms with Gasteiger partial charge in [0, 0.05) is 12.1 Å². The number of carbonyl (C=O) groups is 2. The Morgan fingerprint density at radius 2 is 1.89 bits per heavy atom. The second-order valence-corrected chi connectivity index (χ2v) is 9.14. The van der Waals surface area contributed by atoms with E-state index in [1.54, 1.807) is 36.4 Å². The molecule has 3 aromatic rings. The molecule has 0 saturated carbocycles. The molecule has 9 nitrogen and oxygen atoms in total. The average Bonchev–Trinajstić information content (AvgIpc) is 3.20. The number of hydrogen-bond donors (Lipinski definition) is 0. The Kier molecular flexibility index (Phi) is 7.57. The summed E-state index contributed by atoms with van der Waals surface area (Å²) in [7, 11) is 1.41. The molecule has 0 aromatic heterocycles. The number of nitro benzene ring substituents is 1. The molecule has 0 atom stereocenters. The lowest BCUT2D eigenvalue weighted by molar-refractivity contribution is -0.384. The van der Waals surface area contributed by atoms with E-state index in [0.29, 0.717) is 9.13 Å². The lowest BCUT2D eigenvalue weighted by Gasteiger charge is -2.13. The molecular weight excluding hydrogens is 626 g/mol. The number of ether oxygens (including phenoxy) is 3. The number of nitrogens with zero attached hydrogens (tertiary/aromatic N) is 2. The molecule has 0 spiro atoms. The molecule has 0 N–H and O–H groups in total. The topological polar surface area (TPSA) is 117 Å². The molecule has 0 unspecified atom stereocenters. The smallest absolute Gasteiger partial charge is 0.363 e. The maximum Gasteiger partial charge on any atom is 0.363 e. The number of benzene rings is 3. The summed E-state index contributed by atoms with van der Waals surface area (Å²) in [5.74, 6) is -1.05. The summed E-state index contributed by atoms with van der Waals surface area (Å²) in [6.45, 7) is 0. The highest BCUT2D eigenvalue weighted by atomic mass is 127. The van der Waals surface area contributed by atoms with Gasteiger partial charge >= 0.3 is 11.9 Å². The largest absolute Gasteiger partial charge is 0.493 e. The van der Waals surface area contributed by atoms with Crippen molar-refractivity contribution in [2.45, 2.75) is 0 Å². The average molecular weight is 639 g/mol. The van der Waals surface area contributed by atoms with Gasteiger partial charge in [-0.1, -0.05) is 35.3 Å². The highest BCUT2D eigenvalue weighted by Gasteiger charge is 2.27. The second-order valence-electron chi connectivity index (χ2n) is 7.16. The molecular formula is C24H13Cl2IN2O7. The highest BCUT2D eigenvalue weighted by molar-refractivity contribution is 14.1. The summed E-state index contributed by atoms with van der Waals surface area (Å²) in [5.41, 5.74) is 0.705. The quantitative estimate of drug-likeness (QED) is 0.0802. The van der Waals surface area contributed by atoms with Gasteiger partial charge in [-0.2, -0.15) is 0 Å². The Balaban J connectivity index is 1.64. The first-order chi connectivity index (χ1) is 17.2. The molecule has 36 heavy (non-hydrogen) atoms. The van der Waals surface area contributed by atoms with Crippen molar-refractivity contribution in [3.05, 3.63) is 101 Å². The first-order valence-corrected chi connectivity index (χ1v) is 11.8. The van der Waals surface area contributed by atoms with Gasteiger partial charge in [0.05, 0.1) is 36.8 Å². The molecule has 0 aliphatic carbocycles. The minimum atomic E-state index is -0.734. The van der Waals surface area contributed by atoms with Crippen LogP contribution in [0.1, 0.15) is 21.5 Å². The van der Waals surface area contributed by atoms with E-state index in [4.69, 9.17) is 37.4 Å². The van der Waals surface area contributed by atoms with Crippen molar-refractivity contribution in [3.63, 3.8) is 0 Å². The van der Waals surface area contributed by atoms with Crippen molar-refractivity contribution in [2.24, 2.45) is 4.99 Å². The Labute approximate surface area is 227 Å². The normalized spacial score (nSPS) is 13.8. The fraction of sp³-hybridized carbons (Fsp3) is 0.0417. The van der Waals surface area contributed by atoms with E-state index in [0.717, 1.165) is 6.07 Å². The van der Waals surface area contributed by atoms with Crippen LogP contribution in [0, 0.1) is 13.7 Å². The van der Waals surface area contributed by atoms with E-state index in [2.05, 4.69) is 4.99 Å². The maximum absolute atomic E-state index is 12.6. The minimum Gasteiger partial charge on any atom is -0.493 e. The van der Waals surface area contributed by atoms with Crippen LogP contribution in [0.15, 0.2) is 65.3 Å². The van der Waals surface area contributed by atoms with Crippen LogP contribution in [-0.4, -0.2) is 29.9 Å². The predicted molar refractivity (Wildman–Crippen MR) is 141 cm³/mol. The molecule has 182 valence electrons. The SMILES string of the molecule is COc1cc(/C=C2\N=C(c3ccc([N+](=O)[O-])cc3Cl)OC2=O)cc(I)c1OC(=O)c1ccccc1Cl. The van der Waals surface area contributed by atoms with Crippen molar-refractivity contribution in [1.82, 2.24) is 0 Å². The number of carbonyl (C=O) groups excluding carboxylic acids is 2. The van der Waals surface area contributed by atoms with Gasteiger partial charge in [-0.05, 0) is 64.6 Å². The van der Waals surface area contributed by atoms with Crippen LogP contribution in [0.25, 0.3) is 6.08 Å². The zero-order chi connectivity index (χ0) is 26.0. The van der Waals surface area contributed by atoms with Crippen molar-refractivity contribution < 1.29 is 28.7 Å². The number of rotatable bonds is 6. The summed E-state index contributed by atoms with van der Waals surface area (Å²) < 4.78 is 16.7.